The van der Waals surface area contributed by atoms with E-state index in [-0.39, 0.29) is 48.5 Å². The fourth-order valence-corrected chi connectivity index (χ4v) is 7.33. The minimum atomic E-state index is -4.85. The largest absolute Gasteiger partial charge is 0.421 e. The summed E-state index contributed by atoms with van der Waals surface area (Å²) in [6, 6.07) is 11.4. The van der Waals surface area contributed by atoms with Crippen molar-refractivity contribution in [3.63, 3.8) is 0 Å². The monoisotopic (exact) mass is 630 g/mol. The number of hydrogen-bond donors (Lipinski definition) is 2. The highest BCUT2D eigenvalue weighted by atomic mass is 32.2. The number of morpholine rings is 1. The average molecular weight is 631 g/mol. The molecule has 2 aromatic carbocycles. The van der Waals surface area contributed by atoms with Crippen LogP contribution in [-0.4, -0.2) is 112 Å². The molecule has 0 saturated carbocycles. The number of rotatable bonds is 8. The van der Waals surface area contributed by atoms with E-state index in [1.807, 2.05) is 4.90 Å². The summed E-state index contributed by atoms with van der Waals surface area (Å²) in [6.45, 7) is 2.98. The lowest BCUT2D eigenvalue weighted by Crippen LogP contribution is -2.60. The topological polar surface area (TPSA) is 93.6 Å². The van der Waals surface area contributed by atoms with Crippen molar-refractivity contribution in [2.45, 2.75) is 47.0 Å². The minimum absolute atomic E-state index is 0.0575. The van der Waals surface area contributed by atoms with Crippen molar-refractivity contribution in [3.05, 3.63) is 54.1 Å². The highest BCUT2D eigenvalue weighted by molar-refractivity contribution is 7.90. The first-order valence-electron chi connectivity index (χ1n) is 13.6. The van der Waals surface area contributed by atoms with Crippen LogP contribution in [0.25, 0.3) is 0 Å². The van der Waals surface area contributed by atoms with Crippen LogP contribution in [0.1, 0.15) is 18.9 Å². The van der Waals surface area contributed by atoms with Crippen molar-refractivity contribution >= 4 is 34.2 Å². The fraction of sp³-hybridized carbons (Fsp3) is 0.536. The van der Waals surface area contributed by atoms with Gasteiger partial charge in [0.2, 0.25) is 15.9 Å². The maximum Gasteiger partial charge on any atom is 0.421 e. The number of anilines is 1. The van der Waals surface area contributed by atoms with Gasteiger partial charge in [0, 0.05) is 69.9 Å². The van der Waals surface area contributed by atoms with Gasteiger partial charge in [0.15, 0.2) is 5.60 Å². The number of halogens is 3. The molecule has 2 fully saturated rings. The number of aliphatic hydroxyl groups is 1. The summed E-state index contributed by atoms with van der Waals surface area (Å²) in [6.07, 6.45) is -4.62. The summed E-state index contributed by atoms with van der Waals surface area (Å²) in [5.41, 5.74) is -2.71. The molecule has 0 spiro atoms. The smallest absolute Gasteiger partial charge is 0.378 e. The molecule has 2 aliphatic heterocycles. The number of benzene rings is 2. The molecule has 0 aromatic heterocycles. The Balaban J connectivity index is 1.64. The van der Waals surface area contributed by atoms with E-state index in [1.54, 1.807) is 32.3 Å². The van der Waals surface area contributed by atoms with E-state index >= 15 is 0 Å². The Morgan fingerprint density at radius 1 is 1.07 bits per heavy atom. The van der Waals surface area contributed by atoms with Crippen molar-refractivity contribution in [3.8, 4) is 0 Å². The molecule has 232 valence electrons. The number of sulfonamides is 1. The van der Waals surface area contributed by atoms with Crippen LogP contribution in [0.5, 0.6) is 0 Å². The molecule has 0 aliphatic carbocycles. The first-order chi connectivity index (χ1) is 19.6. The zero-order chi connectivity index (χ0) is 30.9. The number of alkyl halides is 3. The predicted molar refractivity (Wildman–Crippen MR) is 155 cm³/mol. The Kier molecular flexibility index (Phi) is 9.85. The molecule has 1 N–H and O–H groups in total. The molecule has 2 aromatic rings. The lowest BCUT2D eigenvalue weighted by atomic mass is 9.95. The van der Waals surface area contributed by atoms with Gasteiger partial charge in [-0.05, 0) is 36.8 Å². The molecule has 42 heavy (non-hydrogen) atoms. The van der Waals surface area contributed by atoms with E-state index in [2.05, 4.69) is 17.5 Å². The van der Waals surface area contributed by atoms with Gasteiger partial charge >= 0.3 is 6.18 Å². The lowest BCUT2D eigenvalue weighted by molar-refractivity contribution is -0.258. The maximum atomic E-state index is 13.7. The molecule has 1 amide bonds. The normalized spacial score (nSPS) is 22.5. The van der Waals surface area contributed by atoms with E-state index in [4.69, 9.17) is 4.74 Å². The second-order valence-corrected chi connectivity index (χ2v) is 13.4. The van der Waals surface area contributed by atoms with E-state index in [1.165, 1.54) is 39.5 Å². The molecule has 2 saturated heterocycles. The molecule has 0 radical (unpaired) electrons. The third kappa shape index (κ3) is 6.89. The Morgan fingerprint density at radius 3 is 2.36 bits per heavy atom. The minimum Gasteiger partial charge on any atom is -0.378 e. The highest BCUT2D eigenvalue weighted by Gasteiger charge is 2.51. The summed E-state index contributed by atoms with van der Waals surface area (Å²) in [5, 5.41) is 10.1. The number of amides is 1. The molecule has 2 aliphatic rings. The van der Waals surface area contributed by atoms with Gasteiger partial charge in [0.05, 0.1) is 24.2 Å². The summed E-state index contributed by atoms with van der Waals surface area (Å²) in [7, 11) is -0.527. The molecule has 3 atom stereocenters. The van der Waals surface area contributed by atoms with Crippen LogP contribution in [0.2, 0.25) is 0 Å². The third-order valence-electron chi connectivity index (χ3n) is 7.95. The first-order valence-corrected chi connectivity index (χ1v) is 15.5. The van der Waals surface area contributed by atoms with Crippen LogP contribution in [0, 0.1) is 0 Å². The van der Waals surface area contributed by atoms with Crippen molar-refractivity contribution in [1.82, 2.24) is 14.1 Å². The summed E-state index contributed by atoms with van der Waals surface area (Å²) < 4.78 is 74.7. The number of thiol groups is 1. The van der Waals surface area contributed by atoms with Crippen LogP contribution < -0.4 is 4.90 Å². The molecule has 0 bridgehead atoms. The van der Waals surface area contributed by atoms with Crippen molar-refractivity contribution in [2.24, 2.45) is 0 Å². The maximum absolute atomic E-state index is 13.7. The highest BCUT2D eigenvalue weighted by Crippen LogP contribution is 2.39. The van der Waals surface area contributed by atoms with Gasteiger partial charge in [-0.15, -0.1) is 12.6 Å². The molecule has 14 heteroatoms. The molecular formula is C28H37F3N4O5S2. The van der Waals surface area contributed by atoms with Gasteiger partial charge < -0.3 is 19.6 Å². The van der Waals surface area contributed by atoms with Gasteiger partial charge in [-0.25, -0.2) is 8.42 Å². The van der Waals surface area contributed by atoms with Crippen molar-refractivity contribution in [2.75, 3.05) is 64.9 Å². The van der Waals surface area contributed by atoms with Gasteiger partial charge in [0.25, 0.3) is 0 Å². The van der Waals surface area contributed by atoms with Crippen LogP contribution >= 0.6 is 12.6 Å². The number of piperazine rings is 1. The number of ether oxygens (including phenoxy) is 1. The van der Waals surface area contributed by atoms with Crippen LogP contribution in [0.15, 0.2) is 58.3 Å². The van der Waals surface area contributed by atoms with E-state index in [9.17, 15) is 31.5 Å². The van der Waals surface area contributed by atoms with E-state index < -0.39 is 27.8 Å². The zero-order valence-corrected chi connectivity index (χ0v) is 25.5. The average Bonchev–Trinajstić information content (AvgIpc) is 2.93. The third-order valence-corrected chi connectivity index (χ3v) is 10.4. The lowest BCUT2D eigenvalue weighted by Gasteiger charge is -2.46. The van der Waals surface area contributed by atoms with Gasteiger partial charge in [-0.1, -0.05) is 24.3 Å². The second-order valence-electron chi connectivity index (χ2n) is 11.0. The van der Waals surface area contributed by atoms with E-state index in [0.29, 0.717) is 43.8 Å². The second kappa shape index (κ2) is 12.7. The van der Waals surface area contributed by atoms with Gasteiger partial charge in [0.1, 0.15) is 0 Å². The number of hydrogen-bond acceptors (Lipinski definition) is 8. The Hall–Kier alpha value is -2.36. The number of nitrogens with zero attached hydrogens (tertiary/aromatic N) is 4. The van der Waals surface area contributed by atoms with Crippen LogP contribution in [0.4, 0.5) is 18.9 Å². The Morgan fingerprint density at radius 2 is 1.74 bits per heavy atom. The quantitative estimate of drug-likeness (QED) is 0.434. The predicted octanol–water partition coefficient (Wildman–Crippen LogP) is 2.80. The summed E-state index contributed by atoms with van der Waals surface area (Å²) in [5.74, 6) is -0.0575. The molecule has 0 unspecified atom stereocenters. The fourth-order valence-electron chi connectivity index (χ4n) is 5.27. The standard InChI is InChI=1S/C28H37F3N4O5S2/c1-27(37,28(29,30)31)20-8-10-21(11-9-20)35-13-12-34(42(38,39)25-7-5-4-6-24(25)41)18-23(35)17-33-14-15-40-19-22(33)16-26(36)32(2)3/h4-11,22-23,37,41H,12-19H2,1-3H3/t22-,23+,27+/m1/s1. The summed E-state index contributed by atoms with van der Waals surface area (Å²) >= 11 is 4.35. The number of carbonyl (C=O) groups excluding carboxylic acids is 1. The number of carbonyl (C=O) groups is 1. The molecular weight excluding hydrogens is 593 g/mol. The van der Waals surface area contributed by atoms with Crippen LogP contribution in [0.3, 0.4) is 0 Å². The van der Waals surface area contributed by atoms with Gasteiger partial charge in [-0.2, -0.15) is 17.5 Å². The zero-order valence-electron chi connectivity index (χ0n) is 23.8. The Labute approximate surface area is 250 Å². The van der Waals surface area contributed by atoms with Crippen molar-refractivity contribution in [1.29, 1.82) is 0 Å². The van der Waals surface area contributed by atoms with E-state index in [0.717, 1.165) is 0 Å². The SMILES string of the molecule is CN(C)C(=O)C[C@@H]1COCCN1C[C@H]1CN(S(=O)(=O)c2ccccc2S)CCN1c1ccc([C@](C)(O)C(F)(F)F)cc1. The first kappa shape index (κ1) is 32.6. The summed E-state index contributed by atoms with van der Waals surface area (Å²) in [4.78, 5) is 18.6. The molecule has 4 rings (SSSR count). The molecule has 2 heterocycles. The molecule has 9 nitrogen and oxygen atoms in total. The Bertz CT molecular complexity index is 1360. The van der Waals surface area contributed by atoms with Crippen molar-refractivity contribution < 1.29 is 36.2 Å². The van der Waals surface area contributed by atoms with Crippen LogP contribution in [-0.2, 0) is 25.2 Å². The van der Waals surface area contributed by atoms with Gasteiger partial charge in [-0.3, -0.25) is 9.69 Å².